The Bertz CT molecular complexity index is 408. The Balaban J connectivity index is 3.05. The Morgan fingerprint density at radius 3 is 2.57 bits per heavy atom. The van der Waals surface area contributed by atoms with Crippen molar-refractivity contribution in [2.75, 3.05) is 6.54 Å². The Morgan fingerprint density at radius 1 is 1.57 bits per heavy atom. The Morgan fingerprint density at radius 2 is 2.14 bits per heavy atom. The molecule has 0 aliphatic carbocycles. The number of ketones is 1. The van der Waals surface area contributed by atoms with Crippen molar-refractivity contribution in [2.24, 2.45) is 0 Å². The number of carbonyl (C=O) groups excluding carboxylic acids is 2. The minimum atomic E-state index is -4.12. The van der Waals surface area contributed by atoms with Crippen LogP contribution < -0.4 is 0 Å². The molecule has 7 heteroatoms. The molecule has 78 valence electrons. The normalized spacial score (nSPS) is 20.0. The zero-order valence-corrected chi connectivity index (χ0v) is 8.50. The molecule has 0 aromatic rings. The Hall–Kier alpha value is -1.37. The molecule has 0 fully saturated rings. The molecule has 6 nitrogen and oxygen atoms in total. The maximum atomic E-state index is 11.2. The first kappa shape index (κ1) is 10.7. The molecular formula is C7H9NO5S. The van der Waals surface area contributed by atoms with E-state index in [2.05, 4.69) is 4.18 Å². The molecule has 0 unspecified atom stereocenters. The number of amides is 1. The maximum Gasteiger partial charge on any atom is 0.412 e. The second-order valence-corrected chi connectivity index (χ2v) is 4.31. The summed E-state index contributed by atoms with van der Waals surface area (Å²) in [5.41, 5.74) is 0. The number of rotatable bonds is 2. The van der Waals surface area contributed by atoms with Gasteiger partial charge in [-0.1, -0.05) is 0 Å². The summed E-state index contributed by atoms with van der Waals surface area (Å²) in [6, 6.07) is 0. The molecule has 0 atom stereocenters. The number of nitrogens with zero attached hydrogens (tertiary/aromatic N) is 1. The van der Waals surface area contributed by atoms with Gasteiger partial charge in [0.15, 0.2) is 5.78 Å². The van der Waals surface area contributed by atoms with E-state index < -0.39 is 28.5 Å². The van der Waals surface area contributed by atoms with Gasteiger partial charge in [-0.05, 0) is 13.8 Å². The largest absolute Gasteiger partial charge is 0.412 e. The van der Waals surface area contributed by atoms with Crippen LogP contribution in [0.5, 0.6) is 0 Å². The fourth-order valence-corrected chi connectivity index (χ4v) is 2.03. The van der Waals surface area contributed by atoms with Crippen LogP contribution in [0.15, 0.2) is 11.8 Å². The second-order valence-electron chi connectivity index (χ2n) is 2.84. The number of carbonyl (C=O) groups is 2. The van der Waals surface area contributed by atoms with Crippen LogP contribution in [0.1, 0.15) is 13.8 Å². The molecule has 1 heterocycles. The summed E-state index contributed by atoms with van der Waals surface area (Å²) in [5, 5.41) is 0. The van der Waals surface area contributed by atoms with E-state index in [-0.39, 0.29) is 5.76 Å². The van der Waals surface area contributed by atoms with Gasteiger partial charge in [0.25, 0.3) is 5.91 Å². The van der Waals surface area contributed by atoms with Crippen molar-refractivity contribution >= 4 is 22.0 Å². The average Bonchev–Trinajstić information content (AvgIpc) is 1.95. The molecule has 0 bridgehead atoms. The molecule has 1 aliphatic heterocycles. The van der Waals surface area contributed by atoms with Crippen molar-refractivity contribution in [1.29, 1.82) is 0 Å². The molecule has 0 aromatic carbocycles. The van der Waals surface area contributed by atoms with Crippen LogP contribution in [0.4, 0.5) is 0 Å². The number of allylic oxidation sites excluding steroid dienone is 1. The fourth-order valence-electron chi connectivity index (χ4n) is 0.950. The number of hydrogen-bond acceptors (Lipinski definition) is 5. The van der Waals surface area contributed by atoms with Crippen molar-refractivity contribution in [2.45, 2.75) is 13.8 Å². The molecule has 0 spiro atoms. The third kappa shape index (κ3) is 2.11. The monoisotopic (exact) mass is 219 g/mol. The Kier molecular flexibility index (Phi) is 2.61. The molecule has 1 rings (SSSR count). The standard InChI is InChI=1S/C7H9NO5S/c1-5(9)4-8-7(10)3-6(2)13-14(8,11)12/h3H,4H2,1-2H3. The van der Waals surface area contributed by atoms with Crippen LogP contribution in [0, 0.1) is 0 Å². The van der Waals surface area contributed by atoms with Crippen LogP contribution in [-0.2, 0) is 24.1 Å². The lowest BCUT2D eigenvalue weighted by atomic mass is 10.4. The molecule has 0 N–H and O–H groups in total. The van der Waals surface area contributed by atoms with Gasteiger partial charge in [-0.25, -0.2) is 0 Å². The lowest BCUT2D eigenvalue weighted by molar-refractivity contribution is -0.127. The van der Waals surface area contributed by atoms with Gasteiger partial charge in [0, 0.05) is 6.08 Å². The van der Waals surface area contributed by atoms with Gasteiger partial charge < -0.3 is 4.18 Å². The van der Waals surface area contributed by atoms with Crippen molar-refractivity contribution in [1.82, 2.24) is 4.31 Å². The summed E-state index contributed by atoms with van der Waals surface area (Å²) < 4.78 is 27.3. The Labute approximate surface area is 81.4 Å². The lowest BCUT2D eigenvalue weighted by Crippen LogP contribution is -2.42. The van der Waals surface area contributed by atoms with Crippen LogP contribution in [0.2, 0.25) is 0 Å². The minimum absolute atomic E-state index is 0.00481. The first-order chi connectivity index (χ1) is 6.33. The van der Waals surface area contributed by atoms with Crippen LogP contribution >= 0.6 is 0 Å². The van der Waals surface area contributed by atoms with E-state index >= 15 is 0 Å². The second kappa shape index (κ2) is 3.41. The third-order valence-electron chi connectivity index (χ3n) is 1.45. The molecule has 1 aliphatic rings. The first-order valence-corrected chi connectivity index (χ1v) is 5.13. The fraction of sp³-hybridized carbons (Fsp3) is 0.429. The predicted molar refractivity (Wildman–Crippen MR) is 46.2 cm³/mol. The van der Waals surface area contributed by atoms with Crippen molar-refractivity contribution < 1.29 is 22.2 Å². The molecule has 0 aromatic heterocycles. The molecule has 0 saturated carbocycles. The van der Waals surface area contributed by atoms with E-state index in [0.717, 1.165) is 6.08 Å². The summed E-state index contributed by atoms with van der Waals surface area (Å²) in [4.78, 5) is 21.9. The van der Waals surface area contributed by atoms with Gasteiger partial charge in [-0.3, -0.25) is 9.59 Å². The highest BCUT2D eigenvalue weighted by atomic mass is 32.2. The van der Waals surface area contributed by atoms with Crippen LogP contribution in [0.3, 0.4) is 0 Å². The quantitative estimate of drug-likeness (QED) is 0.630. The van der Waals surface area contributed by atoms with Crippen molar-refractivity contribution in [3.05, 3.63) is 11.8 Å². The van der Waals surface area contributed by atoms with Crippen LogP contribution in [0.25, 0.3) is 0 Å². The van der Waals surface area contributed by atoms with Gasteiger partial charge in [-0.15, -0.1) is 0 Å². The minimum Gasteiger partial charge on any atom is -0.371 e. The molecule has 1 amide bonds. The lowest BCUT2D eigenvalue weighted by Gasteiger charge is -2.23. The van der Waals surface area contributed by atoms with Gasteiger partial charge in [0.2, 0.25) is 0 Å². The molecule has 14 heavy (non-hydrogen) atoms. The highest BCUT2D eigenvalue weighted by molar-refractivity contribution is 7.85. The zero-order valence-electron chi connectivity index (χ0n) is 7.68. The average molecular weight is 219 g/mol. The highest BCUT2D eigenvalue weighted by Gasteiger charge is 2.33. The van der Waals surface area contributed by atoms with Gasteiger partial charge >= 0.3 is 10.3 Å². The SMILES string of the molecule is CC(=O)CN1C(=O)C=C(C)OS1(=O)=O. The van der Waals surface area contributed by atoms with E-state index in [1.165, 1.54) is 13.8 Å². The molecule has 0 radical (unpaired) electrons. The van der Waals surface area contributed by atoms with Crippen molar-refractivity contribution in [3.8, 4) is 0 Å². The number of hydrogen-bond donors (Lipinski definition) is 0. The summed E-state index contributed by atoms with van der Waals surface area (Å²) in [5.74, 6) is -1.20. The predicted octanol–water partition coefficient (Wildman–Crippen LogP) is -0.417. The van der Waals surface area contributed by atoms with E-state index in [0.29, 0.717) is 4.31 Å². The first-order valence-electron chi connectivity index (χ1n) is 3.77. The van der Waals surface area contributed by atoms with E-state index in [4.69, 9.17) is 0 Å². The smallest absolute Gasteiger partial charge is 0.371 e. The van der Waals surface area contributed by atoms with Gasteiger partial charge in [0.05, 0.1) is 6.54 Å². The van der Waals surface area contributed by atoms with Gasteiger partial charge in [-0.2, -0.15) is 12.7 Å². The molecule has 0 saturated heterocycles. The van der Waals surface area contributed by atoms with E-state index in [9.17, 15) is 18.0 Å². The number of Topliss-reactive ketones (excluding diaryl/α,β-unsaturated/α-hetero) is 1. The maximum absolute atomic E-state index is 11.2. The highest BCUT2D eigenvalue weighted by Crippen LogP contribution is 2.16. The van der Waals surface area contributed by atoms with E-state index in [1.54, 1.807) is 0 Å². The topological polar surface area (TPSA) is 80.8 Å². The zero-order chi connectivity index (χ0) is 10.9. The van der Waals surface area contributed by atoms with Gasteiger partial charge in [0.1, 0.15) is 5.76 Å². The third-order valence-corrected chi connectivity index (χ3v) is 2.77. The summed E-state index contributed by atoms with van der Waals surface area (Å²) in [7, 11) is -4.12. The van der Waals surface area contributed by atoms with Crippen molar-refractivity contribution in [3.63, 3.8) is 0 Å². The summed E-state index contributed by atoms with van der Waals surface area (Å²) in [6.07, 6.45) is 1.02. The molecular weight excluding hydrogens is 210 g/mol. The summed E-state index contributed by atoms with van der Waals surface area (Å²) >= 11 is 0. The van der Waals surface area contributed by atoms with E-state index in [1.807, 2.05) is 0 Å². The van der Waals surface area contributed by atoms with Crippen LogP contribution in [-0.4, -0.2) is 31.0 Å². The summed E-state index contributed by atoms with van der Waals surface area (Å²) in [6.45, 7) is 2.04.